The summed E-state index contributed by atoms with van der Waals surface area (Å²) in [6.45, 7) is 0. The third kappa shape index (κ3) is 3.15. The van der Waals surface area contributed by atoms with Crippen LogP contribution >= 0.6 is 0 Å². The molecule has 22 heavy (non-hydrogen) atoms. The Balaban J connectivity index is 1.83. The first kappa shape index (κ1) is 14.3. The Morgan fingerprint density at radius 2 is 1.18 bits per heavy atom. The fraction of sp³-hybridized carbons (Fsp3) is 0. The maximum absolute atomic E-state index is 12.2. The minimum Gasteiger partial charge on any atom is -0.318 e. The second-order valence-corrected chi connectivity index (χ2v) is 6.29. The SMILES string of the molecule is O=S(=O)([N-][n+]1ccc(-c2ccccc2)cc1)c1ccccc1. The summed E-state index contributed by atoms with van der Waals surface area (Å²) in [5, 5.41) is 0. The molecule has 2 aromatic carbocycles. The first-order valence-corrected chi connectivity index (χ1v) is 8.19. The number of rotatable bonds is 4. The Morgan fingerprint density at radius 3 is 1.77 bits per heavy atom. The maximum Gasteiger partial charge on any atom is 0.168 e. The highest BCUT2D eigenvalue weighted by Gasteiger charge is 2.08. The summed E-state index contributed by atoms with van der Waals surface area (Å²) in [4.78, 5) is 3.96. The predicted octanol–water partition coefficient (Wildman–Crippen LogP) is 3.17. The Kier molecular flexibility index (Phi) is 3.89. The van der Waals surface area contributed by atoms with E-state index < -0.39 is 10.0 Å². The minimum absolute atomic E-state index is 0.176. The molecule has 0 spiro atoms. The molecule has 3 aromatic rings. The van der Waals surface area contributed by atoms with Crippen molar-refractivity contribution >= 4 is 10.0 Å². The fourth-order valence-corrected chi connectivity index (χ4v) is 3.01. The quantitative estimate of drug-likeness (QED) is 0.695. The molecule has 5 heteroatoms. The predicted molar refractivity (Wildman–Crippen MR) is 84.5 cm³/mol. The van der Waals surface area contributed by atoms with Gasteiger partial charge >= 0.3 is 0 Å². The van der Waals surface area contributed by atoms with Gasteiger partial charge in [0.15, 0.2) is 22.4 Å². The normalized spacial score (nSPS) is 11.1. The summed E-state index contributed by atoms with van der Waals surface area (Å²) in [6, 6.07) is 21.7. The molecule has 0 unspecified atom stereocenters. The summed E-state index contributed by atoms with van der Waals surface area (Å²) >= 11 is 0. The van der Waals surface area contributed by atoms with Crippen LogP contribution in [0.3, 0.4) is 0 Å². The standard InChI is InChI=1S/C17H14N2O2S/c20-22(21,17-9-5-2-6-10-17)18-19-13-11-16(12-14-19)15-7-3-1-4-8-15/h1-14H. The van der Waals surface area contributed by atoms with Gasteiger partial charge < -0.3 is 4.83 Å². The zero-order chi connectivity index (χ0) is 15.4. The van der Waals surface area contributed by atoms with Crippen LogP contribution in [0.5, 0.6) is 0 Å². The van der Waals surface area contributed by atoms with Crippen molar-refractivity contribution in [2.75, 3.05) is 0 Å². The average Bonchev–Trinajstić information content (AvgIpc) is 2.57. The van der Waals surface area contributed by atoms with Crippen LogP contribution in [0.2, 0.25) is 0 Å². The third-order valence-electron chi connectivity index (χ3n) is 3.16. The van der Waals surface area contributed by atoms with Crippen LogP contribution in [-0.4, -0.2) is 8.42 Å². The van der Waals surface area contributed by atoms with Crippen molar-refractivity contribution in [2.45, 2.75) is 4.90 Å². The summed E-state index contributed by atoms with van der Waals surface area (Å²) in [5.74, 6) is 0. The van der Waals surface area contributed by atoms with Gasteiger partial charge in [0.25, 0.3) is 0 Å². The molecule has 110 valence electrons. The number of nitrogens with zero attached hydrogens (tertiary/aromatic N) is 2. The molecule has 0 saturated heterocycles. The molecule has 0 amide bonds. The van der Waals surface area contributed by atoms with Gasteiger partial charge in [0.1, 0.15) is 0 Å². The number of benzene rings is 2. The van der Waals surface area contributed by atoms with Gasteiger partial charge in [-0.05, 0) is 23.3 Å². The molecule has 4 nitrogen and oxygen atoms in total. The first-order chi connectivity index (χ1) is 10.6. The highest BCUT2D eigenvalue weighted by Crippen LogP contribution is 2.18. The van der Waals surface area contributed by atoms with E-state index >= 15 is 0 Å². The van der Waals surface area contributed by atoms with Crippen LogP contribution in [0.25, 0.3) is 16.0 Å². The summed E-state index contributed by atoms with van der Waals surface area (Å²) in [7, 11) is -3.70. The van der Waals surface area contributed by atoms with Gasteiger partial charge in [0.2, 0.25) is 0 Å². The Morgan fingerprint density at radius 1 is 0.682 bits per heavy atom. The number of hydrogen-bond donors (Lipinski definition) is 0. The smallest absolute Gasteiger partial charge is 0.168 e. The topological polar surface area (TPSA) is 52.1 Å². The molecule has 0 atom stereocenters. The highest BCUT2D eigenvalue weighted by molar-refractivity contribution is 7.93. The lowest BCUT2D eigenvalue weighted by molar-refractivity contribution is -0.613. The van der Waals surface area contributed by atoms with Gasteiger partial charge in [-0.2, -0.15) is 0 Å². The van der Waals surface area contributed by atoms with Crippen LogP contribution < -0.4 is 4.68 Å². The van der Waals surface area contributed by atoms with Crippen LogP contribution in [0.15, 0.2) is 90.1 Å². The van der Waals surface area contributed by atoms with Crippen molar-refractivity contribution in [2.24, 2.45) is 0 Å². The largest absolute Gasteiger partial charge is 0.318 e. The van der Waals surface area contributed by atoms with Crippen LogP contribution in [0.4, 0.5) is 0 Å². The molecular formula is C17H14N2O2S. The number of aromatic nitrogens is 1. The Hall–Kier alpha value is -2.66. The Labute approximate surface area is 129 Å². The van der Waals surface area contributed by atoms with Crippen LogP contribution in [-0.2, 0) is 10.0 Å². The second kappa shape index (κ2) is 5.99. The van der Waals surface area contributed by atoms with E-state index in [4.69, 9.17) is 0 Å². The zero-order valence-electron chi connectivity index (χ0n) is 11.7. The molecule has 0 aliphatic rings. The van der Waals surface area contributed by atoms with Crippen molar-refractivity contribution in [3.8, 4) is 11.1 Å². The molecule has 1 heterocycles. The molecule has 0 fully saturated rings. The molecule has 0 N–H and O–H groups in total. The van der Waals surface area contributed by atoms with Gasteiger partial charge in [-0.25, -0.2) is 13.1 Å². The van der Waals surface area contributed by atoms with Crippen molar-refractivity contribution in [1.82, 2.24) is 0 Å². The summed E-state index contributed by atoms with van der Waals surface area (Å²) < 4.78 is 25.6. The van der Waals surface area contributed by atoms with E-state index in [2.05, 4.69) is 4.83 Å². The van der Waals surface area contributed by atoms with E-state index in [1.807, 2.05) is 42.5 Å². The van der Waals surface area contributed by atoms with Gasteiger partial charge in [0, 0.05) is 12.1 Å². The molecule has 0 bridgehead atoms. The van der Waals surface area contributed by atoms with Crippen LogP contribution in [0.1, 0.15) is 0 Å². The van der Waals surface area contributed by atoms with E-state index in [9.17, 15) is 8.42 Å². The number of sulfonamides is 1. The monoisotopic (exact) mass is 310 g/mol. The van der Waals surface area contributed by atoms with Gasteiger partial charge in [-0.3, -0.25) is 0 Å². The lowest BCUT2D eigenvalue weighted by Crippen LogP contribution is -2.31. The van der Waals surface area contributed by atoms with E-state index in [1.54, 1.807) is 30.6 Å². The lowest BCUT2D eigenvalue weighted by Gasteiger charge is -2.14. The molecular weight excluding hydrogens is 296 g/mol. The highest BCUT2D eigenvalue weighted by atomic mass is 32.2. The van der Waals surface area contributed by atoms with Crippen molar-refractivity contribution < 1.29 is 13.1 Å². The molecule has 1 aromatic heterocycles. The van der Waals surface area contributed by atoms with Gasteiger partial charge in [-0.1, -0.05) is 48.5 Å². The maximum atomic E-state index is 12.2. The zero-order valence-corrected chi connectivity index (χ0v) is 12.5. The Bertz CT molecular complexity index is 846. The minimum atomic E-state index is -3.70. The van der Waals surface area contributed by atoms with Crippen molar-refractivity contribution in [1.29, 1.82) is 0 Å². The van der Waals surface area contributed by atoms with Crippen molar-refractivity contribution in [3.05, 3.63) is 90.0 Å². The number of pyridine rings is 1. The molecule has 0 aliphatic heterocycles. The third-order valence-corrected chi connectivity index (χ3v) is 4.44. The summed E-state index contributed by atoms with van der Waals surface area (Å²) in [6.07, 6.45) is 3.26. The average molecular weight is 310 g/mol. The second-order valence-electron chi connectivity index (χ2n) is 4.70. The van der Waals surface area contributed by atoms with E-state index in [0.717, 1.165) is 11.1 Å². The van der Waals surface area contributed by atoms with Crippen molar-refractivity contribution in [3.63, 3.8) is 0 Å². The number of hydrogen-bond acceptors (Lipinski definition) is 2. The molecule has 0 saturated carbocycles. The van der Waals surface area contributed by atoms with E-state index in [-0.39, 0.29) is 4.90 Å². The molecule has 0 aliphatic carbocycles. The summed E-state index contributed by atoms with van der Waals surface area (Å²) in [5.41, 5.74) is 2.07. The van der Waals surface area contributed by atoms with Gasteiger partial charge in [-0.15, -0.1) is 0 Å². The molecule has 3 rings (SSSR count). The van der Waals surface area contributed by atoms with Crippen LogP contribution in [0, 0.1) is 0 Å². The van der Waals surface area contributed by atoms with E-state index in [1.165, 1.54) is 16.8 Å². The fourth-order valence-electron chi connectivity index (χ4n) is 2.06. The first-order valence-electron chi connectivity index (χ1n) is 6.75. The van der Waals surface area contributed by atoms with E-state index in [0.29, 0.717) is 0 Å². The van der Waals surface area contributed by atoms with Gasteiger partial charge in [0.05, 0.1) is 4.90 Å². The molecule has 0 radical (unpaired) electrons. The lowest BCUT2D eigenvalue weighted by atomic mass is 10.1.